The third-order valence-electron chi connectivity index (χ3n) is 4.39. The normalized spacial score (nSPS) is 10.7. The van der Waals surface area contributed by atoms with Crippen LogP contribution in [0.5, 0.6) is 0 Å². The van der Waals surface area contributed by atoms with E-state index in [9.17, 15) is 4.79 Å². The molecular formula is C20H21ClN4O2S2. The van der Waals surface area contributed by atoms with Crippen LogP contribution < -0.4 is 10.6 Å². The summed E-state index contributed by atoms with van der Waals surface area (Å²) in [4.78, 5) is 12.9. The molecule has 0 spiro atoms. The minimum absolute atomic E-state index is 0.375. The number of halogens is 1. The van der Waals surface area contributed by atoms with Gasteiger partial charge in [-0.15, -0.1) is 11.3 Å². The predicted molar refractivity (Wildman–Crippen MR) is 122 cm³/mol. The molecule has 0 aliphatic rings. The van der Waals surface area contributed by atoms with Gasteiger partial charge >= 0.3 is 5.97 Å². The van der Waals surface area contributed by atoms with Gasteiger partial charge in [-0.3, -0.25) is 4.68 Å². The maximum atomic E-state index is 12.0. The first kappa shape index (κ1) is 21.3. The van der Waals surface area contributed by atoms with E-state index >= 15 is 0 Å². The minimum atomic E-state index is -0.403. The highest BCUT2D eigenvalue weighted by atomic mass is 35.5. The average molecular weight is 449 g/mol. The number of carbonyl (C=O) groups is 1. The van der Waals surface area contributed by atoms with Crippen LogP contribution in [0.25, 0.3) is 0 Å². The van der Waals surface area contributed by atoms with Crippen LogP contribution in [0, 0.1) is 20.8 Å². The fraction of sp³-hybridized carbons (Fsp3) is 0.250. The highest BCUT2D eigenvalue weighted by Crippen LogP contribution is 2.29. The first-order chi connectivity index (χ1) is 13.8. The van der Waals surface area contributed by atoms with Gasteiger partial charge in [-0.2, -0.15) is 5.10 Å². The lowest BCUT2D eigenvalue weighted by Crippen LogP contribution is -2.20. The van der Waals surface area contributed by atoms with Gasteiger partial charge in [0.25, 0.3) is 0 Å². The number of thiophene rings is 1. The number of esters is 1. The number of hydrogen-bond donors (Lipinski definition) is 2. The molecule has 152 valence electrons. The molecule has 0 radical (unpaired) electrons. The van der Waals surface area contributed by atoms with E-state index in [1.165, 1.54) is 18.4 Å². The van der Waals surface area contributed by atoms with E-state index in [2.05, 4.69) is 15.7 Å². The zero-order valence-corrected chi connectivity index (χ0v) is 18.9. The second kappa shape index (κ2) is 8.94. The number of anilines is 2. The highest BCUT2D eigenvalue weighted by molar-refractivity contribution is 7.80. The molecule has 0 fully saturated rings. The Balaban J connectivity index is 1.77. The summed E-state index contributed by atoms with van der Waals surface area (Å²) in [6.07, 6.45) is 0. The summed E-state index contributed by atoms with van der Waals surface area (Å²) in [7, 11) is 1.36. The lowest BCUT2D eigenvalue weighted by molar-refractivity contribution is 0.0602. The van der Waals surface area contributed by atoms with Crippen LogP contribution >= 0.6 is 35.2 Å². The van der Waals surface area contributed by atoms with Gasteiger partial charge in [0.15, 0.2) is 5.11 Å². The maximum Gasteiger partial charge on any atom is 0.340 e. The smallest absolute Gasteiger partial charge is 0.340 e. The fourth-order valence-corrected chi connectivity index (χ4v) is 4.30. The molecular weight excluding hydrogens is 428 g/mol. The number of hydrogen-bond acceptors (Lipinski definition) is 5. The van der Waals surface area contributed by atoms with Gasteiger partial charge in [0.2, 0.25) is 0 Å². The van der Waals surface area contributed by atoms with Crippen molar-refractivity contribution in [2.45, 2.75) is 27.3 Å². The van der Waals surface area contributed by atoms with E-state index in [0.717, 1.165) is 27.5 Å². The topological polar surface area (TPSA) is 68.2 Å². The Labute approximate surface area is 183 Å². The number of rotatable bonds is 5. The molecule has 6 nitrogen and oxygen atoms in total. The number of thiocarbonyl (C=S) groups is 1. The summed E-state index contributed by atoms with van der Waals surface area (Å²) < 4.78 is 6.72. The van der Waals surface area contributed by atoms with Crippen molar-refractivity contribution in [2.75, 3.05) is 17.7 Å². The molecule has 0 atom stereocenters. The molecule has 29 heavy (non-hydrogen) atoms. The van der Waals surface area contributed by atoms with Gasteiger partial charge < -0.3 is 15.4 Å². The molecule has 2 N–H and O–H groups in total. The van der Waals surface area contributed by atoms with Crippen LogP contribution in [0.4, 0.5) is 10.7 Å². The first-order valence-corrected chi connectivity index (χ1v) is 10.4. The number of benzene rings is 1. The summed E-state index contributed by atoms with van der Waals surface area (Å²) >= 11 is 13.2. The lowest BCUT2D eigenvalue weighted by atomic mass is 10.2. The standard InChI is InChI=1S/C20H21ClN4O2S2/c1-11-9-15(19(26)27-4)18(29-11)23-20(28)22-17-12(2)24-25(13(17)3)10-14-7-5-6-8-16(14)21/h5-9H,10H2,1-4H3,(H2,22,23,28). The Morgan fingerprint density at radius 2 is 2.00 bits per heavy atom. The highest BCUT2D eigenvalue weighted by Gasteiger charge is 2.18. The SMILES string of the molecule is COC(=O)c1cc(C)sc1NC(=S)Nc1c(C)nn(Cc2ccccc2Cl)c1C. The van der Waals surface area contributed by atoms with E-state index in [0.29, 0.717) is 27.2 Å². The number of aromatic nitrogens is 2. The molecule has 0 aliphatic heterocycles. The van der Waals surface area contributed by atoms with Gasteiger partial charge in [0, 0.05) is 9.90 Å². The molecule has 0 saturated carbocycles. The minimum Gasteiger partial charge on any atom is -0.465 e. The third kappa shape index (κ3) is 4.77. The van der Waals surface area contributed by atoms with E-state index < -0.39 is 5.97 Å². The zero-order chi connectivity index (χ0) is 21.1. The van der Waals surface area contributed by atoms with E-state index in [1.807, 2.05) is 49.7 Å². The van der Waals surface area contributed by atoms with Crippen LogP contribution in [-0.2, 0) is 11.3 Å². The largest absolute Gasteiger partial charge is 0.465 e. The molecule has 0 saturated heterocycles. The third-order valence-corrected chi connectivity index (χ3v) is 5.92. The second-order valence-electron chi connectivity index (χ2n) is 6.47. The molecule has 0 bridgehead atoms. The van der Waals surface area contributed by atoms with Crippen molar-refractivity contribution in [3.05, 3.63) is 62.7 Å². The summed E-state index contributed by atoms with van der Waals surface area (Å²) in [5, 5.41) is 12.6. The average Bonchev–Trinajstić information content (AvgIpc) is 3.17. The van der Waals surface area contributed by atoms with E-state index in [4.69, 9.17) is 28.6 Å². The molecule has 2 aromatic heterocycles. The number of aryl methyl sites for hydroxylation is 2. The van der Waals surface area contributed by atoms with Crippen molar-refractivity contribution in [1.29, 1.82) is 0 Å². The molecule has 0 amide bonds. The summed E-state index contributed by atoms with van der Waals surface area (Å²) in [6.45, 7) is 6.36. The Kier molecular flexibility index (Phi) is 6.56. The van der Waals surface area contributed by atoms with Gasteiger partial charge in [-0.25, -0.2) is 4.79 Å². The van der Waals surface area contributed by atoms with Crippen LogP contribution in [-0.4, -0.2) is 28.0 Å². The molecule has 1 aromatic carbocycles. The van der Waals surface area contributed by atoms with Crippen molar-refractivity contribution in [2.24, 2.45) is 0 Å². The number of methoxy groups -OCH3 is 1. The Morgan fingerprint density at radius 1 is 1.28 bits per heavy atom. The van der Waals surface area contributed by atoms with Gasteiger partial charge in [0.1, 0.15) is 5.00 Å². The molecule has 9 heteroatoms. The van der Waals surface area contributed by atoms with Gasteiger partial charge in [0.05, 0.1) is 36.3 Å². The van der Waals surface area contributed by atoms with Gasteiger partial charge in [-0.1, -0.05) is 29.8 Å². The number of carbonyl (C=O) groups excluding carboxylic acids is 1. The van der Waals surface area contributed by atoms with Gasteiger partial charge in [-0.05, 0) is 50.7 Å². The zero-order valence-electron chi connectivity index (χ0n) is 16.5. The van der Waals surface area contributed by atoms with Crippen molar-refractivity contribution < 1.29 is 9.53 Å². The summed E-state index contributed by atoms with van der Waals surface area (Å²) in [5.41, 5.74) is 4.02. The van der Waals surface area contributed by atoms with Crippen molar-refractivity contribution >= 4 is 56.9 Å². The van der Waals surface area contributed by atoms with Crippen LogP contribution in [0.2, 0.25) is 5.02 Å². The van der Waals surface area contributed by atoms with Crippen LogP contribution in [0.3, 0.4) is 0 Å². The van der Waals surface area contributed by atoms with Crippen molar-refractivity contribution in [3.8, 4) is 0 Å². The summed E-state index contributed by atoms with van der Waals surface area (Å²) in [5.74, 6) is -0.403. The Bertz CT molecular complexity index is 1070. The lowest BCUT2D eigenvalue weighted by Gasteiger charge is -2.11. The molecule has 0 unspecified atom stereocenters. The quantitative estimate of drug-likeness (QED) is 0.414. The van der Waals surface area contributed by atoms with E-state index in [-0.39, 0.29) is 0 Å². The Morgan fingerprint density at radius 3 is 2.69 bits per heavy atom. The molecule has 3 aromatic rings. The maximum absolute atomic E-state index is 12.0. The summed E-state index contributed by atoms with van der Waals surface area (Å²) in [6, 6.07) is 9.47. The molecule has 3 rings (SSSR count). The van der Waals surface area contributed by atoms with Crippen LogP contribution in [0.1, 0.15) is 32.2 Å². The predicted octanol–water partition coefficient (Wildman–Crippen LogP) is 5.17. The second-order valence-corrected chi connectivity index (χ2v) is 8.54. The molecule has 0 aliphatic carbocycles. The first-order valence-electron chi connectivity index (χ1n) is 8.84. The monoisotopic (exact) mass is 448 g/mol. The number of nitrogens with one attached hydrogen (secondary N) is 2. The number of ether oxygens (including phenoxy) is 1. The van der Waals surface area contributed by atoms with Crippen molar-refractivity contribution in [1.82, 2.24) is 9.78 Å². The fourth-order valence-electron chi connectivity index (χ4n) is 2.94. The van der Waals surface area contributed by atoms with Crippen molar-refractivity contribution in [3.63, 3.8) is 0 Å². The van der Waals surface area contributed by atoms with Crippen LogP contribution in [0.15, 0.2) is 30.3 Å². The molecule has 2 heterocycles. The number of nitrogens with zero attached hydrogens (tertiary/aromatic N) is 2. The Hall–Kier alpha value is -2.42. The van der Waals surface area contributed by atoms with E-state index in [1.54, 1.807) is 6.07 Å².